The van der Waals surface area contributed by atoms with E-state index in [-0.39, 0.29) is 31.4 Å². The van der Waals surface area contributed by atoms with E-state index < -0.39 is 59.6 Å². The molecule has 3 aliphatic rings. The number of likely N-dealkylation sites (tertiary alicyclic amines) is 1. The molecule has 3 amide bonds. The Hall–Kier alpha value is -4.28. The summed E-state index contributed by atoms with van der Waals surface area (Å²) in [5.41, 5.74) is 0.358. The standard InChI is InChI=1S/C38H47N3O7/c1-5-8-19-30(43)39-25(4)33(27-17-13-10-14-18-27)47-37(46)31-29-20-21-38(48-29)32(31)35(44)41(28(7-3)24-42)34(38)36(45)40(22-6-2)23-26-15-11-9-12-16-26/h5-6,9-18,25,28-29,31-34,42H,1-2,7-8,19-24H2,3-4H3,(H,39,43)/t25-,28+,29-,31+,32+,33-,34-,38+/m1/s1. The van der Waals surface area contributed by atoms with Gasteiger partial charge in [-0.2, -0.15) is 0 Å². The summed E-state index contributed by atoms with van der Waals surface area (Å²) in [4.78, 5) is 59.2. The Labute approximate surface area is 282 Å². The first kappa shape index (κ1) is 35.0. The van der Waals surface area contributed by atoms with E-state index >= 15 is 0 Å². The number of esters is 1. The van der Waals surface area contributed by atoms with Gasteiger partial charge in [-0.3, -0.25) is 19.2 Å². The predicted molar refractivity (Wildman–Crippen MR) is 180 cm³/mol. The van der Waals surface area contributed by atoms with E-state index in [1.54, 1.807) is 24.0 Å². The molecule has 3 fully saturated rings. The minimum Gasteiger partial charge on any atom is -0.455 e. The van der Waals surface area contributed by atoms with Crippen LogP contribution in [-0.4, -0.2) is 81.6 Å². The van der Waals surface area contributed by atoms with Gasteiger partial charge in [-0.15, -0.1) is 13.2 Å². The van der Waals surface area contributed by atoms with Crippen LogP contribution in [0.25, 0.3) is 0 Å². The highest BCUT2D eigenvalue weighted by atomic mass is 16.6. The normalized spacial score (nSPS) is 25.9. The Kier molecular flexibility index (Phi) is 11.2. The van der Waals surface area contributed by atoms with Gasteiger partial charge in [0, 0.05) is 19.5 Å². The zero-order valence-corrected chi connectivity index (χ0v) is 27.8. The molecule has 2 N–H and O–H groups in total. The van der Waals surface area contributed by atoms with Gasteiger partial charge in [-0.25, -0.2) is 0 Å². The van der Waals surface area contributed by atoms with Crippen molar-refractivity contribution < 1.29 is 33.8 Å². The molecular formula is C38H47N3O7. The average Bonchev–Trinajstić information content (AvgIpc) is 3.74. The summed E-state index contributed by atoms with van der Waals surface area (Å²) >= 11 is 0. The van der Waals surface area contributed by atoms with Gasteiger partial charge in [0.1, 0.15) is 17.7 Å². The fourth-order valence-electron chi connectivity index (χ4n) is 7.75. The van der Waals surface area contributed by atoms with Crippen molar-refractivity contribution in [1.29, 1.82) is 0 Å². The van der Waals surface area contributed by atoms with Crippen molar-refractivity contribution in [3.63, 3.8) is 0 Å². The number of aliphatic hydroxyl groups excluding tert-OH is 1. The fraction of sp³-hybridized carbons (Fsp3) is 0.474. The highest BCUT2D eigenvalue weighted by Gasteiger charge is 2.75. The van der Waals surface area contributed by atoms with Gasteiger partial charge in [0.15, 0.2) is 0 Å². The molecule has 256 valence electrons. The van der Waals surface area contributed by atoms with Gasteiger partial charge in [0.05, 0.1) is 36.6 Å². The van der Waals surface area contributed by atoms with Crippen LogP contribution >= 0.6 is 0 Å². The minimum atomic E-state index is -1.26. The topological polar surface area (TPSA) is 125 Å². The molecule has 10 heteroatoms. The molecule has 2 aromatic rings. The second-order valence-electron chi connectivity index (χ2n) is 13.0. The highest BCUT2D eigenvalue weighted by Crippen LogP contribution is 2.59. The number of allylic oxidation sites excluding steroid dienone is 1. The lowest BCUT2D eigenvalue weighted by Gasteiger charge is -2.39. The molecule has 5 rings (SSSR count). The molecule has 2 bridgehead atoms. The first-order chi connectivity index (χ1) is 23.2. The minimum absolute atomic E-state index is 0.196. The maximum Gasteiger partial charge on any atom is 0.313 e. The van der Waals surface area contributed by atoms with Crippen molar-refractivity contribution in [3.8, 4) is 0 Å². The number of hydrogen-bond donors (Lipinski definition) is 2. The van der Waals surface area contributed by atoms with Crippen molar-refractivity contribution in [2.45, 2.75) is 88.4 Å². The van der Waals surface area contributed by atoms with Crippen molar-refractivity contribution in [2.24, 2.45) is 11.8 Å². The number of benzene rings is 2. The number of fused-ring (bicyclic) bond motifs is 1. The van der Waals surface area contributed by atoms with E-state index in [0.29, 0.717) is 37.8 Å². The first-order valence-electron chi connectivity index (χ1n) is 16.9. The van der Waals surface area contributed by atoms with Crippen LogP contribution < -0.4 is 5.32 Å². The second-order valence-corrected chi connectivity index (χ2v) is 13.0. The van der Waals surface area contributed by atoms with E-state index in [0.717, 1.165) is 5.56 Å². The number of aliphatic hydroxyl groups is 1. The van der Waals surface area contributed by atoms with Crippen molar-refractivity contribution >= 4 is 23.7 Å². The number of rotatable bonds is 16. The number of nitrogens with one attached hydrogen (secondary N) is 1. The van der Waals surface area contributed by atoms with Gasteiger partial charge in [-0.05, 0) is 43.7 Å². The van der Waals surface area contributed by atoms with Crippen LogP contribution in [0.1, 0.15) is 63.2 Å². The largest absolute Gasteiger partial charge is 0.455 e. The molecule has 10 nitrogen and oxygen atoms in total. The summed E-state index contributed by atoms with van der Waals surface area (Å²) < 4.78 is 12.8. The van der Waals surface area contributed by atoms with Crippen LogP contribution in [0.3, 0.4) is 0 Å². The SMILES string of the molecule is C=CCCC(=O)N[C@H](C)[C@@H](OC(=O)[C@@H]1[C@H]2C(=O)N([C@@H](CC)CO)[C@H](C(=O)N(CC=C)Cc3ccccc3)[C@]23CC[C@H]1O3)c1ccccc1. The lowest BCUT2D eigenvalue weighted by atomic mass is 9.70. The Morgan fingerprint density at radius 3 is 2.44 bits per heavy atom. The zero-order valence-electron chi connectivity index (χ0n) is 27.8. The number of carbonyl (C=O) groups excluding carboxylic acids is 4. The molecular weight excluding hydrogens is 610 g/mol. The Bertz CT molecular complexity index is 1480. The lowest BCUT2D eigenvalue weighted by Crippen LogP contribution is -2.58. The van der Waals surface area contributed by atoms with E-state index in [9.17, 15) is 24.3 Å². The maximum absolute atomic E-state index is 14.6. The fourth-order valence-corrected chi connectivity index (χ4v) is 7.75. The van der Waals surface area contributed by atoms with Gasteiger partial charge in [0.25, 0.3) is 0 Å². The van der Waals surface area contributed by atoms with Crippen LogP contribution in [0.2, 0.25) is 0 Å². The Morgan fingerprint density at radius 2 is 1.81 bits per heavy atom. The van der Waals surface area contributed by atoms with E-state index in [4.69, 9.17) is 9.47 Å². The molecule has 0 aromatic heterocycles. The Balaban J connectivity index is 1.47. The quantitative estimate of drug-likeness (QED) is 0.206. The summed E-state index contributed by atoms with van der Waals surface area (Å²) in [5, 5.41) is 13.4. The van der Waals surface area contributed by atoms with E-state index in [1.807, 2.05) is 67.6 Å². The van der Waals surface area contributed by atoms with Gasteiger partial charge in [-0.1, -0.05) is 79.7 Å². The molecule has 0 saturated carbocycles. The van der Waals surface area contributed by atoms with Crippen LogP contribution in [0.5, 0.6) is 0 Å². The second kappa shape index (κ2) is 15.3. The number of nitrogens with zero attached hydrogens (tertiary/aromatic N) is 2. The third-order valence-corrected chi connectivity index (χ3v) is 9.99. The smallest absolute Gasteiger partial charge is 0.313 e. The summed E-state index contributed by atoms with van der Waals surface area (Å²) in [5.74, 6) is -3.43. The van der Waals surface area contributed by atoms with Gasteiger partial charge in [0.2, 0.25) is 17.7 Å². The summed E-state index contributed by atoms with van der Waals surface area (Å²) in [7, 11) is 0. The third-order valence-electron chi connectivity index (χ3n) is 9.99. The monoisotopic (exact) mass is 657 g/mol. The maximum atomic E-state index is 14.6. The molecule has 3 heterocycles. The molecule has 3 saturated heterocycles. The molecule has 3 aliphatic heterocycles. The van der Waals surface area contributed by atoms with Gasteiger partial charge < -0.3 is 29.7 Å². The van der Waals surface area contributed by atoms with Crippen LogP contribution in [0, 0.1) is 11.8 Å². The zero-order chi connectivity index (χ0) is 34.4. The molecule has 0 radical (unpaired) electrons. The lowest BCUT2D eigenvalue weighted by molar-refractivity contribution is -0.162. The first-order valence-corrected chi connectivity index (χ1v) is 16.9. The number of ether oxygens (including phenoxy) is 2. The summed E-state index contributed by atoms with van der Waals surface area (Å²) in [6.07, 6.45) is 3.93. The third kappa shape index (κ3) is 6.69. The van der Waals surface area contributed by atoms with Crippen molar-refractivity contribution in [3.05, 3.63) is 97.1 Å². The molecule has 8 atom stereocenters. The molecule has 0 aliphatic carbocycles. The van der Waals surface area contributed by atoms with Crippen LogP contribution in [0.4, 0.5) is 0 Å². The number of carbonyl (C=O) groups is 4. The molecule has 2 aromatic carbocycles. The number of hydrogen-bond acceptors (Lipinski definition) is 7. The predicted octanol–water partition coefficient (Wildman–Crippen LogP) is 4.10. The Morgan fingerprint density at radius 1 is 1.12 bits per heavy atom. The van der Waals surface area contributed by atoms with Crippen LogP contribution in [0.15, 0.2) is 86.0 Å². The average molecular weight is 658 g/mol. The van der Waals surface area contributed by atoms with Crippen LogP contribution in [-0.2, 0) is 35.2 Å². The summed E-state index contributed by atoms with van der Waals surface area (Å²) in [6.45, 7) is 11.4. The van der Waals surface area contributed by atoms with Crippen molar-refractivity contribution in [1.82, 2.24) is 15.1 Å². The molecule has 48 heavy (non-hydrogen) atoms. The van der Waals surface area contributed by atoms with E-state index in [2.05, 4.69) is 18.5 Å². The van der Waals surface area contributed by atoms with Crippen molar-refractivity contribution in [2.75, 3.05) is 13.2 Å². The number of amides is 3. The highest BCUT2D eigenvalue weighted by molar-refractivity contribution is 5.98. The molecule has 0 unspecified atom stereocenters. The molecule has 1 spiro atoms. The van der Waals surface area contributed by atoms with Gasteiger partial charge >= 0.3 is 5.97 Å². The summed E-state index contributed by atoms with van der Waals surface area (Å²) in [6, 6.07) is 16.5. The van der Waals surface area contributed by atoms with E-state index in [1.165, 1.54) is 4.90 Å².